The Morgan fingerprint density at radius 1 is 1.37 bits per heavy atom. The highest BCUT2D eigenvalue weighted by molar-refractivity contribution is 5.85. The van der Waals surface area contributed by atoms with Crippen molar-refractivity contribution in [2.75, 3.05) is 20.1 Å². The average Bonchev–Trinajstić information content (AvgIpc) is 2.96. The van der Waals surface area contributed by atoms with Gasteiger partial charge in [0.2, 0.25) is 5.91 Å². The van der Waals surface area contributed by atoms with Gasteiger partial charge in [0.25, 0.3) is 0 Å². The van der Waals surface area contributed by atoms with Crippen molar-refractivity contribution < 1.29 is 4.79 Å². The number of rotatable bonds is 4. The Morgan fingerprint density at radius 2 is 2.00 bits per heavy atom. The summed E-state index contributed by atoms with van der Waals surface area (Å²) in [6.07, 6.45) is 6.89. The highest BCUT2D eigenvalue weighted by Crippen LogP contribution is 2.45. The molecule has 112 valence electrons. The zero-order chi connectivity index (χ0) is 13.2. The predicted octanol–water partition coefficient (Wildman–Crippen LogP) is 2.84. The molecule has 1 N–H and O–H groups in total. The topological polar surface area (TPSA) is 32.3 Å². The lowest BCUT2D eigenvalue weighted by Crippen LogP contribution is -2.43. The number of likely N-dealkylation sites (N-methyl/N-ethyl adjacent to an activating group) is 1. The zero-order valence-electron chi connectivity index (χ0n) is 12.6. The number of nitrogens with zero attached hydrogens (tertiary/aromatic N) is 1. The number of nitrogens with one attached hydrogen (secondary N) is 1. The van der Waals surface area contributed by atoms with Gasteiger partial charge in [0, 0.05) is 24.5 Å². The van der Waals surface area contributed by atoms with E-state index in [4.69, 9.17) is 0 Å². The van der Waals surface area contributed by atoms with Gasteiger partial charge >= 0.3 is 0 Å². The van der Waals surface area contributed by atoms with Crippen LogP contribution < -0.4 is 5.32 Å². The highest BCUT2D eigenvalue weighted by atomic mass is 35.5. The maximum absolute atomic E-state index is 12.9. The summed E-state index contributed by atoms with van der Waals surface area (Å²) in [5.74, 6) is 1.07. The predicted molar refractivity (Wildman–Crippen MR) is 81.6 cm³/mol. The molecule has 1 aliphatic carbocycles. The second-order valence-corrected chi connectivity index (χ2v) is 6.61. The summed E-state index contributed by atoms with van der Waals surface area (Å²) in [7, 11) is 2.00. The van der Waals surface area contributed by atoms with Crippen LogP contribution in [0.25, 0.3) is 0 Å². The van der Waals surface area contributed by atoms with Gasteiger partial charge in [-0.2, -0.15) is 0 Å². The summed E-state index contributed by atoms with van der Waals surface area (Å²) < 4.78 is 0. The minimum atomic E-state index is -0.0171. The van der Waals surface area contributed by atoms with Crippen LogP contribution >= 0.6 is 12.4 Å². The quantitative estimate of drug-likeness (QED) is 0.863. The Morgan fingerprint density at radius 3 is 2.47 bits per heavy atom. The number of likely N-dealkylation sites (tertiary alicyclic amines) is 1. The number of hydrogen-bond acceptors (Lipinski definition) is 2. The molecule has 0 aromatic carbocycles. The number of amides is 1. The Balaban J connectivity index is 0.00000180. The summed E-state index contributed by atoms with van der Waals surface area (Å²) in [6, 6.07) is 0.506. The second kappa shape index (κ2) is 6.94. The maximum Gasteiger partial charge on any atom is 0.228 e. The molecule has 0 aromatic heterocycles. The van der Waals surface area contributed by atoms with Gasteiger partial charge in [-0.15, -0.1) is 12.4 Å². The zero-order valence-corrected chi connectivity index (χ0v) is 13.4. The van der Waals surface area contributed by atoms with Crippen molar-refractivity contribution in [3.05, 3.63) is 0 Å². The van der Waals surface area contributed by atoms with Crippen LogP contribution in [0.1, 0.15) is 52.4 Å². The van der Waals surface area contributed by atoms with E-state index in [0.29, 0.717) is 17.9 Å². The molecule has 0 aromatic rings. The van der Waals surface area contributed by atoms with Crippen molar-refractivity contribution in [2.24, 2.45) is 11.3 Å². The van der Waals surface area contributed by atoms with E-state index < -0.39 is 0 Å². The maximum atomic E-state index is 12.9. The lowest BCUT2D eigenvalue weighted by Gasteiger charge is -2.33. The van der Waals surface area contributed by atoms with Crippen LogP contribution in [0.4, 0.5) is 0 Å². The standard InChI is InChI=1S/C15H28N2O.ClH/c1-12(2)10-15(7-4-5-8-15)14(18)17-9-6-13(11-17)16-3;/h12-13,16H,4-11H2,1-3H3;1H. The normalized spacial score (nSPS) is 25.7. The smallest absolute Gasteiger partial charge is 0.228 e. The first-order chi connectivity index (χ1) is 8.57. The van der Waals surface area contributed by atoms with Gasteiger partial charge < -0.3 is 10.2 Å². The van der Waals surface area contributed by atoms with E-state index in [1.165, 1.54) is 12.8 Å². The Kier molecular flexibility index (Phi) is 6.13. The van der Waals surface area contributed by atoms with Crippen molar-refractivity contribution in [3.63, 3.8) is 0 Å². The van der Waals surface area contributed by atoms with Crippen LogP contribution in [0.15, 0.2) is 0 Å². The summed E-state index contributed by atoms with van der Waals surface area (Å²) in [5.41, 5.74) is -0.0171. The van der Waals surface area contributed by atoms with Gasteiger partial charge in [0.05, 0.1) is 0 Å². The van der Waals surface area contributed by atoms with Crippen LogP contribution in [-0.4, -0.2) is 37.0 Å². The highest BCUT2D eigenvalue weighted by Gasteiger charge is 2.44. The largest absolute Gasteiger partial charge is 0.341 e. The molecule has 1 atom stereocenters. The number of carbonyl (C=O) groups excluding carboxylic acids is 1. The van der Waals surface area contributed by atoms with Crippen molar-refractivity contribution in [3.8, 4) is 0 Å². The fraction of sp³-hybridized carbons (Fsp3) is 0.933. The van der Waals surface area contributed by atoms with E-state index in [0.717, 1.165) is 38.8 Å². The molecular weight excluding hydrogens is 260 g/mol. The number of halogens is 1. The van der Waals surface area contributed by atoms with E-state index in [-0.39, 0.29) is 17.8 Å². The van der Waals surface area contributed by atoms with E-state index in [2.05, 4.69) is 24.1 Å². The molecule has 19 heavy (non-hydrogen) atoms. The molecule has 2 rings (SSSR count). The van der Waals surface area contributed by atoms with Crippen molar-refractivity contribution in [1.29, 1.82) is 0 Å². The summed E-state index contributed by atoms with van der Waals surface area (Å²) in [6.45, 7) is 6.35. The monoisotopic (exact) mass is 288 g/mol. The van der Waals surface area contributed by atoms with Gasteiger partial charge in [-0.25, -0.2) is 0 Å². The molecule has 3 nitrogen and oxygen atoms in total. The van der Waals surface area contributed by atoms with Crippen LogP contribution in [0, 0.1) is 11.3 Å². The van der Waals surface area contributed by atoms with Crippen molar-refractivity contribution in [2.45, 2.75) is 58.4 Å². The molecule has 1 unspecified atom stereocenters. The minimum absolute atomic E-state index is 0. The molecule has 2 fully saturated rings. The molecule has 2 aliphatic rings. The fourth-order valence-corrected chi connectivity index (χ4v) is 3.85. The lowest BCUT2D eigenvalue weighted by molar-refractivity contribution is -0.142. The van der Waals surface area contributed by atoms with Gasteiger partial charge in [0.1, 0.15) is 0 Å². The molecule has 1 heterocycles. The number of hydrogen-bond donors (Lipinski definition) is 1. The first-order valence-electron chi connectivity index (χ1n) is 7.54. The molecular formula is C15H29ClN2O. The summed E-state index contributed by atoms with van der Waals surface area (Å²) in [4.78, 5) is 15.0. The molecule has 0 radical (unpaired) electrons. The van der Waals surface area contributed by atoms with E-state index in [9.17, 15) is 4.79 Å². The average molecular weight is 289 g/mol. The van der Waals surface area contributed by atoms with Crippen molar-refractivity contribution >= 4 is 18.3 Å². The summed E-state index contributed by atoms with van der Waals surface area (Å²) >= 11 is 0. The fourth-order valence-electron chi connectivity index (χ4n) is 3.85. The van der Waals surface area contributed by atoms with Crippen LogP contribution in [0.2, 0.25) is 0 Å². The molecule has 1 aliphatic heterocycles. The molecule has 1 amide bonds. The van der Waals surface area contributed by atoms with E-state index >= 15 is 0 Å². The first-order valence-corrected chi connectivity index (χ1v) is 7.54. The van der Waals surface area contributed by atoms with E-state index in [1.54, 1.807) is 0 Å². The molecule has 1 saturated carbocycles. The van der Waals surface area contributed by atoms with E-state index in [1.807, 2.05) is 7.05 Å². The van der Waals surface area contributed by atoms with Crippen molar-refractivity contribution in [1.82, 2.24) is 10.2 Å². The Hall–Kier alpha value is -0.280. The molecule has 1 saturated heterocycles. The molecule has 4 heteroatoms. The molecule has 0 bridgehead atoms. The molecule has 0 spiro atoms. The third kappa shape index (κ3) is 3.63. The number of carbonyl (C=O) groups is 1. The first kappa shape index (κ1) is 16.8. The lowest BCUT2D eigenvalue weighted by atomic mass is 9.77. The third-order valence-corrected chi connectivity index (χ3v) is 4.70. The Labute approximate surface area is 123 Å². The van der Waals surface area contributed by atoms with Crippen LogP contribution in [0.5, 0.6) is 0 Å². The van der Waals surface area contributed by atoms with Gasteiger partial charge in [0.15, 0.2) is 0 Å². The van der Waals surface area contributed by atoms with Crippen LogP contribution in [-0.2, 0) is 4.79 Å². The van der Waals surface area contributed by atoms with Gasteiger partial charge in [-0.1, -0.05) is 26.7 Å². The van der Waals surface area contributed by atoms with Gasteiger partial charge in [-0.05, 0) is 38.6 Å². The summed E-state index contributed by atoms with van der Waals surface area (Å²) in [5, 5.41) is 3.30. The van der Waals surface area contributed by atoms with Gasteiger partial charge in [-0.3, -0.25) is 4.79 Å². The minimum Gasteiger partial charge on any atom is -0.341 e. The third-order valence-electron chi connectivity index (χ3n) is 4.70. The second-order valence-electron chi connectivity index (χ2n) is 6.61. The van der Waals surface area contributed by atoms with Crippen LogP contribution in [0.3, 0.4) is 0 Å². The SMILES string of the molecule is CNC1CCN(C(=O)C2(CC(C)C)CCCC2)C1.Cl. The Bertz CT molecular complexity index is 301.